The van der Waals surface area contributed by atoms with Crippen LogP contribution in [0.4, 0.5) is 0 Å². The molecule has 27 heavy (non-hydrogen) atoms. The van der Waals surface area contributed by atoms with E-state index >= 15 is 0 Å². The minimum absolute atomic E-state index is 0.0245. The maximum absolute atomic E-state index is 12.7. The second-order valence-electron chi connectivity index (χ2n) is 7.19. The van der Waals surface area contributed by atoms with Crippen molar-refractivity contribution in [2.24, 2.45) is 0 Å². The number of aromatic nitrogens is 1. The molecule has 2 aliphatic rings. The fourth-order valence-electron chi connectivity index (χ4n) is 3.99. The molecule has 1 amide bonds. The summed E-state index contributed by atoms with van der Waals surface area (Å²) in [6, 6.07) is 12.0. The molecule has 2 fully saturated rings. The number of halogens is 1. The molecule has 0 spiro atoms. The van der Waals surface area contributed by atoms with Crippen molar-refractivity contribution >= 4 is 17.5 Å². The maximum Gasteiger partial charge on any atom is 0.255 e. The highest BCUT2D eigenvalue weighted by molar-refractivity contribution is 6.33. The summed E-state index contributed by atoms with van der Waals surface area (Å²) >= 11 is 6.18. The highest BCUT2D eigenvalue weighted by Crippen LogP contribution is 2.30. The quantitative estimate of drug-likeness (QED) is 0.875. The van der Waals surface area contributed by atoms with E-state index in [0.29, 0.717) is 22.7 Å². The molecule has 2 saturated heterocycles. The lowest BCUT2D eigenvalue weighted by atomic mass is 9.98. The minimum atomic E-state index is 0.0245. The number of piperidine rings is 1. The van der Waals surface area contributed by atoms with Crippen LogP contribution in [-0.4, -0.2) is 47.6 Å². The number of benzene rings is 1. The van der Waals surface area contributed by atoms with E-state index < -0.39 is 0 Å². The van der Waals surface area contributed by atoms with Crippen LogP contribution in [0.1, 0.15) is 41.3 Å². The first kappa shape index (κ1) is 18.4. The van der Waals surface area contributed by atoms with Crippen LogP contribution in [0.3, 0.4) is 0 Å². The molecule has 2 aromatic rings. The number of amides is 1. The number of carbonyl (C=O) groups is 1. The van der Waals surface area contributed by atoms with Crippen molar-refractivity contribution in [3.63, 3.8) is 0 Å². The van der Waals surface area contributed by atoms with Crippen molar-refractivity contribution in [1.29, 1.82) is 0 Å². The van der Waals surface area contributed by atoms with Crippen LogP contribution in [0, 0.1) is 0 Å². The largest absolute Gasteiger partial charge is 0.372 e. The molecule has 142 valence electrons. The van der Waals surface area contributed by atoms with Crippen LogP contribution < -0.4 is 5.32 Å². The molecule has 1 aromatic heterocycles. The predicted molar refractivity (Wildman–Crippen MR) is 105 cm³/mol. The van der Waals surface area contributed by atoms with Gasteiger partial charge in [0.2, 0.25) is 0 Å². The van der Waals surface area contributed by atoms with E-state index in [-0.39, 0.29) is 12.0 Å². The number of likely N-dealkylation sites (tertiary alicyclic amines) is 1. The van der Waals surface area contributed by atoms with Crippen LogP contribution in [0.25, 0.3) is 0 Å². The fraction of sp³-hybridized carbons (Fsp3) is 0.429. The van der Waals surface area contributed by atoms with Gasteiger partial charge < -0.3 is 15.0 Å². The highest BCUT2D eigenvalue weighted by Gasteiger charge is 2.33. The zero-order valence-corrected chi connectivity index (χ0v) is 15.9. The van der Waals surface area contributed by atoms with Crippen molar-refractivity contribution < 1.29 is 9.53 Å². The Bertz CT molecular complexity index is 778. The Hall–Kier alpha value is -1.95. The highest BCUT2D eigenvalue weighted by atomic mass is 35.5. The number of nitrogens with zero attached hydrogens (tertiary/aromatic N) is 2. The van der Waals surface area contributed by atoms with Gasteiger partial charge in [-0.3, -0.25) is 9.78 Å². The van der Waals surface area contributed by atoms with Gasteiger partial charge in [0.15, 0.2) is 0 Å². The second kappa shape index (κ2) is 8.38. The van der Waals surface area contributed by atoms with E-state index in [4.69, 9.17) is 16.3 Å². The van der Waals surface area contributed by atoms with Gasteiger partial charge in [-0.15, -0.1) is 0 Å². The van der Waals surface area contributed by atoms with Gasteiger partial charge in [-0.25, -0.2) is 0 Å². The molecule has 0 bridgehead atoms. The summed E-state index contributed by atoms with van der Waals surface area (Å²) in [5.41, 5.74) is 1.71. The van der Waals surface area contributed by atoms with Crippen molar-refractivity contribution in [3.05, 3.63) is 64.9 Å². The summed E-state index contributed by atoms with van der Waals surface area (Å²) in [7, 11) is 0. The third-order valence-corrected chi connectivity index (χ3v) is 5.77. The van der Waals surface area contributed by atoms with Gasteiger partial charge in [-0.1, -0.05) is 29.8 Å². The van der Waals surface area contributed by atoms with E-state index in [0.717, 1.165) is 44.5 Å². The van der Waals surface area contributed by atoms with Crippen LogP contribution in [0.5, 0.6) is 0 Å². The van der Waals surface area contributed by atoms with Crippen molar-refractivity contribution in [3.8, 4) is 0 Å². The molecule has 1 N–H and O–H groups in total. The lowest BCUT2D eigenvalue weighted by molar-refractivity contribution is 0.0681. The van der Waals surface area contributed by atoms with Gasteiger partial charge in [-0.05, 0) is 37.5 Å². The summed E-state index contributed by atoms with van der Waals surface area (Å²) in [5.74, 6) is 0.0245. The van der Waals surface area contributed by atoms with Crippen molar-refractivity contribution in [2.75, 3.05) is 19.7 Å². The Morgan fingerprint density at radius 2 is 1.96 bits per heavy atom. The van der Waals surface area contributed by atoms with E-state index in [2.05, 4.69) is 16.4 Å². The van der Waals surface area contributed by atoms with Crippen LogP contribution >= 0.6 is 11.6 Å². The molecular formula is C21H24ClN3O2. The lowest BCUT2D eigenvalue weighted by Crippen LogP contribution is -2.48. The molecule has 5 nitrogen and oxygen atoms in total. The monoisotopic (exact) mass is 385 g/mol. The third-order valence-electron chi connectivity index (χ3n) is 5.44. The molecule has 6 heteroatoms. The van der Waals surface area contributed by atoms with Crippen molar-refractivity contribution in [1.82, 2.24) is 15.2 Å². The zero-order valence-electron chi connectivity index (χ0n) is 15.2. The first-order chi connectivity index (χ1) is 13.2. The maximum atomic E-state index is 12.7. The SMILES string of the molecule is O=C(c1ccccc1Cl)N1CCC(N[C@H]2CCO[C@@H]2c2cccnc2)CC1. The Kier molecular flexibility index (Phi) is 5.72. The Morgan fingerprint density at radius 1 is 1.15 bits per heavy atom. The van der Waals surface area contributed by atoms with Gasteiger partial charge in [0.1, 0.15) is 0 Å². The fourth-order valence-corrected chi connectivity index (χ4v) is 4.21. The van der Waals surface area contributed by atoms with Crippen molar-refractivity contribution in [2.45, 2.75) is 37.5 Å². The normalized spacial score (nSPS) is 23.5. The van der Waals surface area contributed by atoms with E-state index in [9.17, 15) is 4.79 Å². The van der Waals surface area contributed by atoms with Gasteiger partial charge in [-0.2, -0.15) is 0 Å². The van der Waals surface area contributed by atoms with E-state index in [1.54, 1.807) is 18.3 Å². The number of rotatable bonds is 4. The Labute approximate surface area is 164 Å². The topological polar surface area (TPSA) is 54.5 Å². The first-order valence-electron chi connectivity index (χ1n) is 9.54. The lowest BCUT2D eigenvalue weighted by Gasteiger charge is -2.35. The molecular weight excluding hydrogens is 362 g/mol. The predicted octanol–water partition coefficient (Wildman–Crippen LogP) is 3.46. The molecule has 1 aromatic carbocycles. The number of ether oxygens (including phenoxy) is 1. The standard InChI is InChI=1S/C21H24ClN3O2/c22-18-6-2-1-5-17(18)21(26)25-11-7-16(8-12-25)24-19-9-13-27-20(19)15-4-3-10-23-14-15/h1-6,10,14,16,19-20,24H,7-9,11-13H2/t19-,20+/m0/s1. The molecule has 0 aliphatic carbocycles. The van der Waals surface area contributed by atoms with Gasteiger partial charge in [0, 0.05) is 49.7 Å². The molecule has 2 atom stereocenters. The number of hydrogen-bond donors (Lipinski definition) is 1. The Balaban J connectivity index is 1.33. The van der Waals surface area contributed by atoms with E-state index in [1.165, 1.54) is 0 Å². The molecule has 3 heterocycles. The van der Waals surface area contributed by atoms with E-state index in [1.807, 2.05) is 29.3 Å². The number of nitrogens with one attached hydrogen (secondary N) is 1. The smallest absolute Gasteiger partial charge is 0.255 e. The first-order valence-corrected chi connectivity index (χ1v) is 9.91. The molecule has 0 unspecified atom stereocenters. The van der Waals surface area contributed by atoms with Crippen LogP contribution in [0.2, 0.25) is 5.02 Å². The number of pyridine rings is 1. The number of hydrogen-bond acceptors (Lipinski definition) is 4. The summed E-state index contributed by atoms with van der Waals surface area (Å²) in [4.78, 5) is 18.8. The zero-order chi connectivity index (χ0) is 18.6. The molecule has 4 rings (SSSR count). The molecule has 0 radical (unpaired) electrons. The summed E-state index contributed by atoms with van der Waals surface area (Å²) in [5, 5.41) is 4.28. The molecule has 0 saturated carbocycles. The average Bonchev–Trinajstić information content (AvgIpc) is 3.17. The van der Waals surface area contributed by atoms with Gasteiger partial charge >= 0.3 is 0 Å². The summed E-state index contributed by atoms with van der Waals surface area (Å²) < 4.78 is 5.94. The summed E-state index contributed by atoms with van der Waals surface area (Å²) in [6.07, 6.45) is 6.60. The van der Waals surface area contributed by atoms with Crippen LogP contribution in [0.15, 0.2) is 48.8 Å². The average molecular weight is 386 g/mol. The van der Waals surface area contributed by atoms with Gasteiger partial charge in [0.25, 0.3) is 5.91 Å². The van der Waals surface area contributed by atoms with Gasteiger partial charge in [0.05, 0.1) is 16.7 Å². The minimum Gasteiger partial charge on any atom is -0.372 e. The summed E-state index contributed by atoms with van der Waals surface area (Å²) in [6.45, 7) is 2.25. The Morgan fingerprint density at radius 3 is 2.70 bits per heavy atom. The third kappa shape index (κ3) is 4.15. The molecule has 2 aliphatic heterocycles. The number of carbonyl (C=O) groups excluding carboxylic acids is 1. The second-order valence-corrected chi connectivity index (χ2v) is 7.59. The van der Waals surface area contributed by atoms with Crippen LogP contribution in [-0.2, 0) is 4.74 Å².